The first-order valence-electron chi connectivity index (χ1n) is 6.46. The molecule has 0 saturated heterocycles. The molecule has 5 heteroatoms. The van der Waals surface area contributed by atoms with E-state index in [9.17, 15) is 14.0 Å². The first-order valence-corrected chi connectivity index (χ1v) is 6.46. The number of ether oxygens (including phenoxy) is 1. The maximum Gasteiger partial charge on any atom is 0.337 e. The molecule has 2 rings (SSSR count). The predicted molar refractivity (Wildman–Crippen MR) is 81.8 cm³/mol. The third-order valence-electron chi connectivity index (χ3n) is 3.03. The first kappa shape index (κ1) is 15.4. The number of methoxy groups -OCH3 is 1. The summed E-state index contributed by atoms with van der Waals surface area (Å²) >= 11 is 0. The molecule has 0 aliphatic carbocycles. The van der Waals surface area contributed by atoms with Gasteiger partial charge in [0, 0.05) is 5.56 Å². The fraction of sp³-hybridized carbons (Fsp3) is 0.0588. The van der Waals surface area contributed by atoms with Gasteiger partial charge in [-0.3, -0.25) is 4.79 Å². The van der Waals surface area contributed by atoms with Gasteiger partial charge in [-0.1, -0.05) is 30.8 Å². The molecule has 0 fully saturated rings. The number of carbonyl (C=O) groups is 2. The average molecular weight is 299 g/mol. The summed E-state index contributed by atoms with van der Waals surface area (Å²) < 4.78 is 18.1. The second-order valence-electron chi connectivity index (χ2n) is 4.48. The van der Waals surface area contributed by atoms with Crippen molar-refractivity contribution in [3.63, 3.8) is 0 Å². The lowest BCUT2D eigenvalue weighted by atomic mass is 10.0. The highest BCUT2D eigenvalue weighted by Crippen LogP contribution is 2.18. The van der Waals surface area contributed by atoms with Gasteiger partial charge in [0.2, 0.25) is 0 Å². The first-order chi connectivity index (χ1) is 10.5. The molecular formula is C17H14FNO3. The van der Waals surface area contributed by atoms with Crippen LogP contribution in [0.25, 0.3) is 5.57 Å². The van der Waals surface area contributed by atoms with E-state index in [1.807, 2.05) is 0 Å². The van der Waals surface area contributed by atoms with Crippen LogP contribution in [0.15, 0.2) is 55.1 Å². The van der Waals surface area contributed by atoms with Crippen LogP contribution in [-0.2, 0) is 9.53 Å². The summed E-state index contributed by atoms with van der Waals surface area (Å²) in [6, 6.07) is 12.2. The van der Waals surface area contributed by atoms with Crippen molar-refractivity contribution in [2.75, 3.05) is 12.4 Å². The zero-order valence-corrected chi connectivity index (χ0v) is 11.9. The van der Waals surface area contributed by atoms with Crippen molar-refractivity contribution in [3.8, 4) is 0 Å². The predicted octanol–water partition coefficient (Wildman–Crippen LogP) is 3.26. The van der Waals surface area contributed by atoms with E-state index >= 15 is 0 Å². The number of benzene rings is 2. The van der Waals surface area contributed by atoms with Crippen molar-refractivity contribution >= 4 is 23.1 Å². The molecule has 0 unspecified atom stereocenters. The minimum Gasteiger partial charge on any atom is -0.465 e. The van der Waals surface area contributed by atoms with Crippen LogP contribution in [0.2, 0.25) is 0 Å². The Hall–Kier alpha value is -2.95. The monoisotopic (exact) mass is 299 g/mol. The molecule has 4 nitrogen and oxygen atoms in total. The molecule has 112 valence electrons. The molecule has 2 aromatic rings. The SMILES string of the molecule is C=C(C(=O)OC)c1cccc(C(=O)Nc2ccccc2F)c1. The van der Waals surface area contributed by atoms with E-state index in [4.69, 9.17) is 0 Å². The Morgan fingerprint density at radius 1 is 1.09 bits per heavy atom. The van der Waals surface area contributed by atoms with Crippen LogP contribution in [-0.4, -0.2) is 19.0 Å². The molecule has 0 radical (unpaired) electrons. The highest BCUT2D eigenvalue weighted by Gasteiger charge is 2.13. The Morgan fingerprint density at radius 3 is 2.45 bits per heavy atom. The molecule has 0 aromatic heterocycles. The second-order valence-corrected chi connectivity index (χ2v) is 4.48. The number of hydrogen-bond acceptors (Lipinski definition) is 3. The van der Waals surface area contributed by atoms with E-state index in [1.165, 1.54) is 31.4 Å². The van der Waals surface area contributed by atoms with Crippen molar-refractivity contribution in [3.05, 3.63) is 72.1 Å². The Kier molecular flexibility index (Phi) is 4.68. The zero-order valence-electron chi connectivity index (χ0n) is 11.9. The van der Waals surface area contributed by atoms with Crippen LogP contribution in [0.4, 0.5) is 10.1 Å². The fourth-order valence-corrected chi connectivity index (χ4v) is 1.85. The molecule has 1 amide bonds. The van der Waals surface area contributed by atoms with Crippen LogP contribution in [0.3, 0.4) is 0 Å². The number of anilines is 1. The highest BCUT2D eigenvalue weighted by atomic mass is 19.1. The maximum absolute atomic E-state index is 13.5. The topological polar surface area (TPSA) is 55.4 Å². The number of halogens is 1. The standard InChI is InChI=1S/C17H14FNO3/c1-11(17(21)22-2)12-6-5-7-13(10-12)16(20)19-15-9-4-3-8-14(15)18/h3-10H,1H2,2H3,(H,19,20). The lowest BCUT2D eigenvalue weighted by Crippen LogP contribution is -2.13. The number of amides is 1. The van der Waals surface area contributed by atoms with Crippen molar-refractivity contribution in [2.24, 2.45) is 0 Å². The summed E-state index contributed by atoms with van der Waals surface area (Å²) in [5.41, 5.74) is 0.978. The Morgan fingerprint density at radius 2 is 1.77 bits per heavy atom. The van der Waals surface area contributed by atoms with E-state index in [2.05, 4.69) is 16.6 Å². The Labute approximate surface area is 127 Å². The molecule has 0 aliphatic heterocycles. The highest BCUT2D eigenvalue weighted by molar-refractivity contribution is 6.16. The van der Waals surface area contributed by atoms with Gasteiger partial charge < -0.3 is 10.1 Å². The van der Waals surface area contributed by atoms with Crippen molar-refractivity contribution in [2.45, 2.75) is 0 Å². The summed E-state index contributed by atoms with van der Waals surface area (Å²) in [5.74, 6) is -1.58. The van der Waals surface area contributed by atoms with Crippen LogP contribution >= 0.6 is 0 Å². The van der Waals surface area contributed by atoms with E-state index in [0.29, 0.717) is 5.56 Å². The third kappa shape index (κ3) is 3.38. The van der Waals surface area contributed by atoms with Crippen LogP contribution < -0.4 is 5.32 Å². The fourth-order valence-electron chi connectivity index (χ4n) is 1.85. The largest absolute Gasteiger partial charge is 0.465 e. The average Bonchev–Trinajstić information content (AvgIpc) is 2.55. The summed E-state index contributed by atoms with van der Waals surface area (Å²) in [7, 11) is 1.25. The van der Waals surface area contributed by atoms with Gasteiger partial charge in [-0.2, -0.15) is 0 Å². The Balaban J connectivity index is 2.22. The van der Waals surface area contributed by atoms with Gasteiger partial charge in [0.25, 0.3) is 5.91 Å². The molecule has 0 atom stereocenters. The van der Waals surface area contributed by atoms with Crippen molar-refractivity contribution in [1.29, 1.82) is 0 Å². The van der Waals surface area contributed by atoms with E-state index in [0.717, 1.165) is 0 Å². The number of carbonyl (C=O) groups excluding carboxylic acids is 2. The number of para-hydroxylation sites is 1. The molecule has 22 heavy (non-hydrogen) atoms. The normalized spacial score (nSPS) is 9.91. The summed E-state index contributed by atoms with van der Waals surface area (Å²) in [4.78, 5) is 23.6. The molecule has 2 aromatic carbocycles. The quantitative estimate of drug-likeness (QED) is 0.696. The summed E-state index contributed by atoms with van der Waals surface area (Å²) in [5, 5.41) is 2.48. The minimum atomic E-state index is -0.577. The molecule has 0 saturated carbocycles. The molecule has 0 spiro atoms. The van der Waals surface area contributed by atoms with Gasteiger partial charge >= 0.3 is 5.97 Å². The van der Waals surface area contributed by atoms with E-state index < -0.39 is 17.7 Å². The third-order valence-corrected chi connectivity index (χ3v) is 3.03. The van der Waals surface area contributed by atoms with Crippen LogP contribution in [0, 0.1) is 5.82 Å². The molecule has 0 bridgehead atoms. The summed E-state index contributed by atoms with van der Waals surface area (Å²) in [6.45, 7) is 3.63. The minimum absolute atomic E-state index is 0.0877. The molecule has 0 aliphatic rings. The van der Waals surface area contributed by atoms with E-state index in [-0.39, 0.29) is 16.8 Å². The smallest absolute Gasteiger partial charge is 0.337 e. The van der Waals surface area contributed by atoms with Crippen molar-refractivity contribution < 1.29 is 18.7 Å². The van der Waals surface area contributed by atoms with Gasteiger partial charge in [0.15, 0.2) is 0 Å². The molecule has 0 heterocycles. The second kappa shape index (κ2) is 6.67. The number of hydrogen-bond donors (Lipinski definition) is 1. The Bertz CT molecular complexity index is 740. The van der Waals surface area contributed by atoms with Gasteiger partial charge in [-0.05, 0) is 29.8 Å². The van der Waals surface area contributed by atoms with Crippen molar-refractivity contribution in [1.82, 2.24) is 0 Å². The van der Waals surface area contributed by atoms with E-state index in [1.54, 1.807) is 24.3 Å². The molecule has 1 N–H and O–H groups in total. The lowest BCUT2D eigenvalue weighted by Gasteiger charge is -2.08. The van der Waals surface area contributed by atoms with Gasteiger partial charge in [0.05, 0.1) is 18.4 Å². The number of rotatable bonds is 4. The lowest BCUT2D eigenvalue weighted by molar-refractivity contribution is -0.133. The summed E-state index contributed by atoms with van der Waals surface area (Å²) in [6.07, 6.45) is 0. The number of nitrogens with one attached hydrogen (secondary N) is 1. The van der Waals surface area contributed by atoms with Crippen LogP contribution in [0.1, 0.15) is 15.9 Å². The van der Waals surface area contributed by atoms with Gasteiger partial charge in [-0.25, -0.2) is 9.18 Å². The number of esters is 1. The maximum atomic E-state index is 13.5. The van der Waals surface area contributed by atoms with Gasteiger partial charge in [0.1, 0.15) is 5.82 Å². The molecular weight excluding hydrogens is 285 g/mol. The van der Waals surface area contributed by atoms with Gasteiger partial charge in [-0.15, -0.1) is 0 Å². The zero-order chi connectivity index (χ0) is 16.1. The van der Waals surface area contributed by atoms with Crippen LogP contribution in [0.5, 0.6) is 0 Å².